The number of hydrogen-bond donors (Lipinski definition) is 1. The first-order chi connectivity index (χ1) is 9.31. The Labute approximate surface area is 130 Å². The van der Waals surface area contributed by atoms with Gasteiger partial charge in [0, 0.05) is 16.7 Å². The van der Waals surface area contributed by atoms with E-state index in [0.29, 0.717) is 22.2 Å². The van der Waals surface area contributed by atoms with Crippen LogP contribution in [0.25, 0.3) is 0 Å². The van der Waals surface area contributed by atoms with Gasteiger partial charge in [0.1, 0.15) is 12.4 Å². The fraction of sp³-hybridized carbons (Fsp3) is 0.385. The molecule has 0 aromatic heterocycles. The molecule has 0 aliphatic heterocycles. The highest BCUT2D eigenvalue weighted by Crippen LogP contribution is 2.16. The number of rotatable bonds is 6. The summed E-state index contributed by atoms with van der Waals surface area (Å²) >= 11 is 1.86. The molecule has 7 heteroatoms. The van der Waals surface area contributed by atoms with E-state index in [1.54, 1.807) is 0 Å². The predicted octanol–water partition coefficient (Wildman–Crippen LogP) is 1.52. The van der Waals surface area contributed by atoms with Crippen molar-refractivity contribution in [1.29, 1.82) is 0 Å². The Kier molecular flexibility index (Phi) is 6.34. The van der Waals surface area contributed by atoms with E-state index in [-0.39, 0.29) is 6.54 Å². The first-order valence-electron chi connectivity index (χ1n) is 5.92. The summed E-state index contributed by atoms with van der Waals surface area (Å²) in [4.78, 5) is 26.3. The van der Waals surface area contributed by atoms with E-state index in [1.165, 1.54) is 23.1 Å². The van der Waals surface area contributed by atoms with Gasteiger partial charge in [0.25, 0.3) is 5.91 Å². The second-order valence-electron chi connectivity index (χ2n) is 4.55. The van der Waals surface area contributed by atoms with Crippen molar-refractivity contribution in [2.24, 2.45) is 0 Å². The monoisotopic (exact) mass is 394 g/mol. The van der Waals surface area contributed by atoms with Crippen LogP contribution >= 0.6 is 22.6 Å². The van der Waals surface area contributed by atoms with Gasteiger partial charge in [-0.2, -0.15) is 0 Å². The molecule has 1 aromatic carbocycles. The first kappa shape index (κ1) is 16.8. The molecule has 0 saturated heterocycles. The first-order valence-corrected chi connectivity index (χ1v) is 7.00. The molecule has 0 heterocycles. The molecule has 0 unspecified atom stereocenters. The summed E-state index contributed by atoms with van der Waals surface area (Å²) in [5, 5.41) is 8.89. The van der Waals surface area contributed by atoms with Crippen LogP contribution in [-0.2, 0) is 4.79 Å². The Bertz CT molecular complexity index is 508. The number of carboxylic acids is 1. The van der Waals surface area contributed by atoms with Crippen LogP contribution in [0.3, 0.4) is 0 Å². The molecular weight excluding hydrogens is 378 g/mol. The smallest absolute Gasteiger partial charge is 0.323 e. The largest absolute Gasteiger partial charge is 0.480 e. The molecule has 1 amide bonds. The van der Waals surface area contributed by atoms with Crippen LogP contribution in [0.4, 0.5) is 4.39 Å². The maximum atomic E-state index is 13.0. The summed E-state index contributed by atoms with van der Waals surface area (Å²) in [6, 6.07) is 3.82. The quantitative estimate of drug-likeness (QED) is 0.744. The minimum absolute atomic E-state index is 0.297. The Hall–Kier alpha value is -1.22. The van der Waals surface area contributed by atoms with Gasteiger partial charge in [-0.25, -0.2) is 4.39 Å². The number of amides is 1. The fourth-order valence-corrected chi connectivity index (χ4v) is 2.28. The highest BCUT2D eigenvalue weighted by Gasteiger charge is 2.20. The third kappa shape index (κ3) is 5.04. The Balaban J connectivity index is 2.93. The highest BCUT2D eigenvalue weighted by molar-refractivity contribution is 14.1. The van der Waals surface area contributed by atoms with E-state index in [0.717, 1.165) is 0 Å². The van der Waals surface area contributed by atoms with Crippen molar-refractivity contribution in [2.45, 2.75) is 0 Å². The third-order valence-electron chi connectivity index (χ3n) is 2.59. The number of aliphatic carboxylic acids is 1. The minimum Gasteiger partial charge on any atom is -0.480 e. The van der Waals surface area contributed by atoms with Crippen molar-refractivity contribution in [3.05, 3.63) is 33.1 Å². The zero-order valence-electron chi connectivity index (χ0n) is 11.3. The van der Waals surface area contributed by atoms with Crippen LogP contribution in [-0.4, -0.2) is 60.5 Å². The second kappa shape index (κ2) is 7.53. The van der Waals surface area contributed by atoms with Gasteiger partial charge in [-0.3, -0.25) is 9.59 Å². The third-order valence-corrected chi connectivity index (χ3v) is 3.48. The lowest BCUT2D eigenvalue weighted by atomic mass is 10.2. The van der Waals surface area contributed by atoms with Crippen molar-refractivity contribution >= 4 is 34.5 Å². The molecule has 0 spiro atoms. The summed E-state index contributed by atoms with van der Waals surface area (Å²) in [5.74, 6) is -1.91. The molecule has 5 nitrogen and oxygen atoms in total. The van der Waals surface area contributed by atoms with Gasteiger partial charge in [0.15, 0.2) is 0 Å². The number of nitrogens with zero attached hydrogens (tertiary/aromatic N) is 2. The Morgan fingerprint density at radius 1 is 1.30 bits per heavy atom. The summed E-state index contributed by atoms with van der Waals surface area (Å²) in [6.07, 6.45) is 0. The van der Waals surface area contributed by atoms with Crippen molar-refractivity contribution in [3.63, 3.8) is 0 Å². The number of carbonyl (C=O) groups is 2. The summed E-state index contributed by atoms with van der Waals surface area (Å²) in [6.45, 7) is 0.475. The van der Waals surface area contributed by atoms with Gasteiger partial charge in [0.2, 0.25) is 0 Å². The number of likely N-dealkylation sites (N-methyl/N-ethyl adjacent to an activating group) is 1. The molecule has 1 rings (SSSR count). The zero-order valence-corrected chi connectivity index (χ0v) is 13.4. The molecule has 1 aromatic rings. The van der Waals surface area contributed by atoms with Gasteiger partial charge >= 0.3 is 5.97 Å². The molecule has 0 aliphatic carbocycles. The number of halogens is 2. The van der Waals surface area contributed by atoms with Crippen LogP contribution in [0, 0.1) is 9.39 Å². The second-order valence-corrected chi connectivity index (χ2v) is 5.71. The summed E-state index contributed by atoms with van der Waals surface area (Å²) in [5.41, 5.74) is 0.312. The molecule has 0 aliphatic rings. The molecule has 1 N–H and O–H groups in total. The van der Waals surface area contributed by atoms with Crippen molar-refractivity contribution in [3.8, 4) is 0 Å². The van der Waals surface area contributed by atoms with Gasteiger partial charge < -0.3 is 14.9 Å². The predicted molar refractivity (Wildman–Crippen MR) is 81.2 cm³/mol. The topological polar surface area (TPSA) is 60.9 Å². The maximum Gasteiger partial charge on any atom is 0.323 e. The lowest BCUT2D eigenvalue weighted by Crippen LogP contribution is -2.40. The van der Waals surface area contributed by atoms with Crippen LogP contribution < -0.4 is 0 Å². The van der Waals surface area contributed by atoms with Gasteiger partial charge in [-0.05, 0) is 54.9 Å². The van der Waals surface area contributed by atoms with Crippen LogP contribution in [0.15, 0.2) is 18.2 Å². The van der Waals surface area contributed by atoms with Gasteiger partial charge in [0.05, 0.1) is 5.56 Å². The standard InChI is InChI=1S/C13H16FIN2O3/c1-16(2)5-6-17(8-12(18)19)13(20)10-4-3-9(14)7-11(10)15/h3-4,7H,5-6,8H2,1-2H3,(H,18,19). The summed E-state index contributed by atoms with van der Waals surface area (Å²) in [7, 11) is 3.68. The van der Waals surface area contributed by atoms with Crippen molar-refractivity contribution in [2.75, 3.05) is 33.7 Å². The van der Waals surface area contributed by atoms with E-state index >= 15 is 0 Å². The van der Waals surface area contributed by atoms with Crippen molar-refractivity contribution in [1.82, 2.24) is 9.80 Å². The Morgan fingerprint density at radius 3 is 2.45 bits per heavy atom. The van der Waals surface area contributed by atoms with Crippen molar-refractivity contribution < 1.29 is 19.1 Å². The number of carboxylic acid groups (broad SMARTS) is 1. The number of hydrogen-bond acceptors (Lipinski definition) is 3. The minimum atomic E-state index is -1.07. The van der Waals surface area contributed by atoms with E-state index < -0.39 is 17.7 Å². The van der Waals surface area contributed by atoms with Crippen LogP contribution in [0.1, 0.15) is 10.4 Å². The number of benzene rings is 1. The van der Waals surface area contributed by atoms with E-state index in [1.807, 2.05) is 41.6 Å². The number of carbonyl (C=O) groups excluding carboxylic acids is 1. The van der Waals surface area contributed by atoms with Gasteiger partial charge in [-0.1, -0.05) is 0 Å². The summed E-state index contributed by atoms with van der Waals surface area (Å²) < 4.78 is 13.5. The van der Waals surface area contributed by atoms with E-state index in [4.69, 9.17) is 5.11 Å². The molecule has 0 saturated carbocycles. The molecule has 20 heavy (non-hydrogen) atoms. The SMILES string of the molecule is CN(C)CCN(CC(=O)O)C(=O)c1ccc(F)cc1I. The normalized spacial score (nSPS) is 10.7. The van der Waals surface area contributed by atoms with Gasteiger partial charge in [-0.15, -0.1) is 0 Å². The average molecular weight is 394 g/mol. The lowest BCUT2D eigenvalue weighted by Gasteiger charge is -2.23. The van der Waals surface area contributed by atoms with E-state index in [9.17, 15) is 14.0 Å². The average Bonchev–Trinajstić information content (AvgIpc) is 2.33. The zero-order chi connectivity index (χ0) is 15.3. The van der Waals surface area contributed by atoms with E-state index in [2.05, 4.69) is 0 Å². The molecule has 0 atom stereocenters. The Morgan fingerprint density at radius 2 is 1.95 bits per heavy atom. The fourth-order valence-electron chi connectivity index (χ4n) is 1.57. The molecule has 0 radical (unpaired) electrons. The highest BCUT2D eigenvalue weighted by atomic mass is 127. The molecule has 0 bridgehead atoms. The lowest BCUT2D eigenvalue weighted by molar-refractivity contribution is -0.137. The van der Waals surface area contributed by atoms with Crippen LogP contribution in [0.2, 0.25) is 0 Å². The molecule has 0 fully saturated rings. The van der Waals surface area contributed by atoms with Crippen LogP contribution in [0.5, 0.6) is 0 Å². The molecular formula is C13H16FIN2O3. The maximum absolute atomic E-state index is 13.0. The molecule has 110 valence electrons.